The summed E-state index contributed by atoms with van der Waals surface area (Å²) in [6, 6.07) is 1.42. The maximum absolute atomic E-state index is 13.6. The molecule has 0 aromatic carbocycles. The maximum atomic E-state index is 13.6. The molecule has 0 radical (unpaired) electrons. The molecule has 4 heterocycles. The zero-order chi connectivity index (χ0) is 20.0. The van der Waals surface area contributed by atoms with E-state index in [9.17, 15) is 13.6 Å². The number of alkyl halides is 2. The highest BCUT2D eigenvalue weighted by atomic mass is 19.3. The van der Waals surface area contributed by atoms with Crippen molar-refractivity contribution in [2.75, 3.05) is 13.1 Å². The van der Waals surface area contributed by atoms with Gasteiger partial charge in [0.2, 0.25) is 5.76 Å². The lowest BCUT2D eigenvalue weighted by Gasteiger charge is -2.32. The largest absolute Gasteiger partial charge is 0.436 e. The average Bonchev–Trinajstić information content (AvgIpc) is 3.22. The minimum absolute atomic E-state index is 0.107. The van der Waals surface area contributed by atoms with E-state index in [0.29, 0.717) is 36.1 Å². The molecule has 0 spiro atoms. The number of carbonyl (C=O) groups is 1. The van der Waals surface area contributed by atoms with Crippen LogP contribution in [0.25, 0.3) is 11.1 Å². The highest BCUT2D eigenvalue weighted by Crippen LogP contribution is 2.34. The number of pyridine rings is 1. The minimum Gasteiger partial charge on any atom is -0.436 e. The van der Waals surface area contributed by atoms with Crippen LogP contribution >= 0.6 is 0 Å². The lowest BCUT2D eigenvalue weighted by atomic mass is 9.92. The van der Waals surface area contributed by atoms with Crippen LogP contribution in [0.1, 0.15) is 64.3 Å². The van der Waals surface area contributed by atoms with Gasteiger partial charge in [-0.1, -0.05) is 5.16 Å². The molecule has 1 aliphatic heterocycles. The fraction of sp³-hybridized carbons (Fsp3) is 0.474. The third-order valence-corrected chi connectivity index (χ3v) is 5.13. The Labute approximate surface area is 159 Å². The number of halogens is 2. The maximum Gasteiger partial charge on any atom is 0.291 e. The molecule has 3 aromatic rings. The van der Waals surface area contributed by atoms with Crippen LogP contribution in [-0.2, 0) is 0 Å². The molecule has 28 heavy (non-hydrogen) atoms. The predicted molar refractivity (Wildman–Crippen MR) is 95.4 cm³/mol. The van der Waals surface area contributed by atoms with Crippen LogP contribution in [0.5, 0.6) is 0 Å². The quantitative estimate of drug-likeness (QED) is 0.670. The lowest BCUT2D eigenvalue weighted by molar-refractivity contribution is 0.0671. The molecule has 0 N–H and O–H groups in total. The second kappa shape index (κ2) is 6.96. The number of aryl methyl sites for hydroxylation is 3. The molecule has 148 valence electrons. The molecular weight excluding hydrogens is 370 g/mol. The molecule has 0 unspecified atom stereocenters. The first-order valence-corrected chi connectivity index (χ1v) is 9.13. The summed E-state index contributed by atoms with van der Waals surface area (Å²) in [5.41, 5.74) is 1.39. The van der Waals surface area contributed by atoms with Crippen molar-refractivity contribution in [3.8, 4) is 0 Å². The number of oxazole rings is 1. The van der Waals surface area contributed by atoms with Crippen LogP contribution in [-0.4, -0.2) is 39.0 Å². The number of fused-ring (bicyclic) bond motifs is 1. The highest BCUT2D eigenvalue weighted by Gasteiger charge is 2.31. The number of carbonyl (C=O) groups excluding carboxylic acids is 1. The summed E-state index contributed by atoms with van der Waals surface area (Å²) < 4.78 is 37.8. The van der Waals surface area contributed by atoms with Crippen molar-refractivity contribution in [1.82, 2.24) is 20.0 Å². The number of piperidine rings is 1. The van der Waals surface area contributed by atoms with E-state index in [0.717, 1.165) is 12.8 Å². The Morgan fingerprint density at radius 1 is 1.25 bits per heavy atom. The van der Waals surface area contributed by atoms with Crippen LogP contribution in [0.15, 0.2) is 15.0 Å². The van der Waals surface area contributed by atoms with E-state index in [1.54, 1.807) is 25.7 Å². The Hall–Kier alpha value is -2.84. The van der Waals surface area contributed by atoms with E-state index in [1.807, 2.05) is 0 Å². The van der Waals surface area contributed by atoms with Crippen LogP contribution < -0.4 is 0 Å². The normalized spacial score (nSPS) is 17.6. The van der Waals surface area contributed by atoms with Gasteiger partial charge in [-0.15, -0.1) is 0 Å². The number of hydrogen-bond acceptors (Lipinski definition) is 6. The van der Waals surface area contributed by atoms with Gasteiger partial charge in [0.25, 0.3) is 18.0 Å². The average molecular weight is 390 g/mol. The van der Waals surface area contributed by atoms with Gasteiger partial charge in [0, 0.05) is 37.2 Å². The second-order valence-corrected chi connectivity index (χ2v) is 7.12. The van der Waals surface area contributed by atoms with Gasteiger partial charge >= 0.3 is 0 Å². The molecule has 1 amide bonds. The molecule has 3 aromatic heterocycles. The lowest BCUT2D eigenvalue weighted by Crippen LogP contribution is -2.39. The Morgan fingerprint density at radius 2 is 2.04 bits per heavy atom. The monoisotopic (exact) mass is 390 g/mol. The predicted octanol–water partition coefficient (Wildman–Crippen LogP) is 4.09. The van der Waals surface area contributed by atoms with Gasteiger partial charge in [-0.25, -0.2) is 18.7 Å². The zero-order valence-corrected chi connectivity index (χ0v) is 15.8. The van der Waals surface area contributed by atoms with Crippen molar-refractivity contribution in [3.05, 3.63) is 40.4 Å². The van der Waals surface area contributed by atoms with Crippen LogP contribution in [0.3, 0.4) is 0 Å². The first-order valence-electron chi connectivity index (χ1n) is 9.13. The van der Waals surface area contributed by atoms with Gasteiger partial charge in [0.05, 0.1) is 16.8 Å². The first-order chi connectivity index (χ1) is 13.3. The van der Waals surface area contributed by atoms with Crippen LogP contribution in [0.4, 0.5) is 8.78 Å². The van der Waals surface area contributed by atoms with Crippen molar-refractivity contribution >= 4 is 17.0 Å². The summed E-state index contributed by atoms with van der Waals surface area (Å²) in [7, 11) is 0. The fourth-order valence-electron chi connectivity index (χ4n) is 3.81. The second-order valence-electron chi connectivity index (χ2n) is 7.12. The standard InChI is InChI=1S/C19H20F2N4O3/c1-9-15-13(17(20)21)7-14(23-18(15)28-24-9)12-5-4-6-25(8-12)19(26)16-10(2)22-11(3)27-16/h7,12,17H,4-6,8H2,1-3H3/t12-/m0/s1. The molecule has 4 rings (SSSR count). The van der Waals surface area contributed by atoms with E-state index in [1.165, 1.54) is 6.07 Å². The molecule has 0 bridgehead atoms. The molecule has 9 heteroatoms. The topological polar surface area (TPSA) is 85.3 Å². The molecule has 1 aliphatic rings. The summed E-state index contributed by atoms with van der Waals surface area (Å²) >= 11 is 0. The van der Waals surface area contributed by atoms with Gasteiger partial charge in [-0.05, 0) is 32.8 Å². The molecule has 7 nitrogen and oxygen atoms in total. The Bertz CT molecular complexity index is 1040. The van der Waals surface area contributed by atoms with E-state index < -0.39 is 6.43 Å². The molecule has 1 atom stereocenters. The summed E-state index contributed by atoms with van der Waals surface area (Å²) in [6.07, 6.45) is -1.18. The summed E-state index contributed by atoms with van der Waals surface area (Å²) in [6.45, 7) is 5.96. The Kier molecular flexibility index (Phi) is 4.60. The molecule has 1 saturated heterocycles. The third kappa shape index (κ3) is 3.14. The molecule has 1 fully saturated rings. The van der Waals surface area contributed by atoms with Crippen LogP contribution in [0.2, 0.25) is 0 Å². The smallest absolute Gasteiger partial charge is 0.291 e. The summed E-state index contributed by atoms with van der Waals surface area (Å²) in [5.74, 6) is 0.243. The van der Waals surface area contributed by atoms with Crippen molar-refractivity contribution in [1.29, 1.82) is 0 Å². The van der Waals surface area contributed by atoms with Crippen molar-refractivity contribution in [3.63, 3.8) is 0 Å². The number of aromatic nitrogens is 3. The zero-order valence-electron chi connectivity index (χ0n) is 15.8. The Balaban J connectivity index is 1.64. The number of amides is 1. The van der Waals surface area contributed by atoms with E-state index in [-0.39, 0.29) is 34.2 Å². The highest BCUT2D eigenvalue weighted by molar-refractivity contribution is 5.92. The van der Waals surface area contributed by atoms with Gasteiger partial charge < -0.3 is 13.8 Å². The van der Waals surface area contributed by atoms with E-state index >= 15 is 0 Å². The van der Waals surface area contributed by atoms with Gasteiger partial charge in [0.1, 0.15) is 0 Å². The number of hydrogen-bond donors (Lipinski definition) is 0. The SMILES string of the molecule is Cc1nc(C)c(C(=O)N2CCC[C@H](c3cc(C(F)F)c4c(C)noc4n3)C2)o1. The van der Waals surface area contributed by atoms with Crippen molar-refractivity contribution < 1.29 is 22.5 Å². The van der Waals surface area contributed by atoms with Gasteiger partial charge in [0.15, 0.2) is 5.89 Å². The van der Waals surface area contributed by atoms with Crippen molar-refractivity contribution in [2.45, 2.75) is 46.0 Å². The Morgan fingerprint density at radius 3 is 2.71 bits per heavy atom. The molecular formula is C19H20F2N4O3. The van der Waals surface area contributed by atoms with E-state index in [4.69, 9.17) is 8.94 Å². The minimum atomic E-state index is -2.66. The van der Waals surface area contributed by atoms with Gasteiger partial charge in [-0.2, -0.15) is 0 Å². The first kappa shape index (κ1) is 18.5. The molecule has 0 aliphatic carbocycles. The number of rotatable bonds is 3. The van der Waals surface area contributed by atoms with E-state index in [2.05, 4.69) is 15.1 Å². The van der Waals surface area contributed by atoms with Gasteiger partial charge in [-0.3, -0.25) is 4.79 Å². The number of nitrogens with zero attached hydrogens (tertiary/aromatic N) is 4. The summed E-state index contributed by atoms with van der Waals surface area (Å²) in [4.78, 5) is 23.0. The molecule has 0 saturated carbocycles. The van der Waals surface area contributed by atoms with Crippen molar-refractivity contribution in [2.24, 2.45) is 0 Å². The number of likely N-dealkylation sites (tertiary alicyclic amines) is 1. The summed E-state index contributed by atoms with van der Waals surface area (Å²) in [5, 5.41) is 4.02. The third-order valence-electron chi connectivity index (χ3n) is 5.13. The van der Waals surface area contributed by atoms with Crippen LogP contribution in [0, 0.1) is 20.8 Å². The fourth-order valence-corrected chi connectivity index (χ4v) is 3.81.